The van der Waals surface area contributed by atoms with E-state index in [1.807, 2.05) is 19.9 Å². The lowest BCUT2D eigenvalue weighted by Gasteiger charge is -2.15. The first kappa shape index (κ1) is 18.3. The summed E-state index contributed by atoms with van der Waals surface area (Å²) in [6.45, 7) is 2.98. The molecule has 2 aromatic rings. The molecule has 0 unspecified atom stereocenters. The minimum absolute atomic E-state index is 0.00764. The van der Waals surface area contributed by atoms with Crippen molar-refractivity contribution in [3.05, 3.63) is 46.1 Å². The molecule has 0 atom stereocenters. The Labute approximate surface area is 145 Å². The average molecular weight is 343 g/mol. The monoisotopic (exact) mass is 343 g/mol. The molecule has 0 aliphatic carbocycles. The van der Waals surface area contributed by atoms with Gasteiger partial charge in [-0.3, -0.25) is 4.79 Å². The average Bonchev–Trinajstić information content (AvgIpc) is 2.65. The summed E-state index contributed by atoms with van der Waals surface area (Å²) >= 11 is 0. The zero-order chi connectivity index (χ0) is 18.6. The maximum atomic E-state index is 13.0. The minimum Gasteiger partial charge on any atom is -0.481 e. The first-order valence-electron chi connectivity index (χ1n) is 7.59. The van der Waals surface area contributed by atoms with Gasteiger partial charge in [-0.2, -0.15) is 15.2 Å². The van der Waals surface area contributed by atoms with E-state index >= 15 is 0 Å². The number of aromatic nitrogens is 2. The molecule has 0 radical (unpaired) electrons. The number of rotatable bonds is 6. The van der Waals surface area contributed by atoms with Crippen LogP contribution in [-0.2, 0) is 6.67 Å². The third-order valence-corrected chi connectivity index (χ3v) is 3.60. The van der Waals surface area contributed by atoms with Gasteiger partial charge >= 0.3 is 6.01 Å². The number of hydrogen-bond donors (Lipinski definition) is 0. The zero-order valence-electron chi connectivity index (χ0n) is 14.5. The van der Waals surface area contributed by atoms with Gasteiger partial charge in [0.25, 0.3) is 0 Å². The number of hydrogen-bond acceptors (Lipinski definition) is 6. The van der Waals surface area contributed by atoms with Crippen molar-refractivity contribution >= 4 is 5.78 Å². The first-order chi connectivity index (χ1) is 11.9. The second kappa shape index (κ2) is 7.71. The maximum Gasteiger partial charge on any atom is 0.320 e. The summed E-state index contributed by atoms with van der Waals surface area (Å²) in [5.41, 5.74) is 1.27. The van der Waals surface area contributed by atoms with Gasteiger partial charge in [-0.05, 0) is 29.7 Å². The predicted octanol–water partition coefficient (Wildman–Crippen LogP) is 3.19. The minimum atomic E-state index is -0.775. The van der Waals surface area contributed by atoms with E-state index < -0.39 is 12.5 Å². The number of ketones is 1. The second-order valence-corrected chi connectivity index (χ2v) is 5.63. The highest BCUT2D eigenvalue weighted by Crippen LogP contribution is 2.30. The van der Waals surface area contributed by atoms with Crippen molar-refractivity contribution in [3.8, 4) is 18.0 Å². The van der Waals surface area contributed by atoms with Crippen molar-refractivity contribution in [2.75, 3.05) is 14.2 Å². The Kier molecular flexibility index (Phi) is 5.65. The van der Waals surface area contributed by atoms with E-state index in [1.165, 1.54) is 32.4 Å². The molecule has 1 aromatic heterocycles. The van der Waals surface area contributed by atoms with E-state index in [2.05, 4.69) is 9.97 Å². The molecule has 6 nitrogen and oxygen atoms in total. The molecule has 1 aromatic carbocycles. The third-order valence-electron chi connectivity index (χ3n) is 3.60. The molecular weight excluding hydrogens is 325 g/mol. The molecule has 25 heavy (non-hydrogen) atoms. The van der Waals surface area contributed by atoms with Gasteiger partial charge in [0.1, 0.15) is 12.4 Å². The van der Waals surface area contributed by atoms with Crippen LogP contribution in [0.3, 0.4) is 0 Å². The summed E-state index contributed by atoms with van der Waals surface area (Å²) in [5, 5.41) is 9.09. The van der Waals surface area contributed by atoms with Crippen LogP contribution in [0.15, 0.2) is 18.2 Å². The van der Waals surface area contributed by atoms with Crippen LogP contribution in [0.5, 0.6) is 11.9 Å². The summed E-state index contributed by atoms with van der Waals surface area (Å²) < 4.78 is 23.4. The lowest BCUT2D eigenvalue weighted by Crippen LogP contribution is -2.14. The molecule has 0 saturated carbocycles. The smallest absolute Gasteiger partial charge is 0.320 e. The van der Waals surface area contributed by atoms with Gasteiger partial charge in [0.15, 0.2) is 0 Å². The molecule has 0 saturated heterocycles. The molecule has 0 spiro atoms. The fraction of sp³-hybridized carbons (Fsp3) is 0.333. The quantitative estimate of drug-likeness (QED) is 0.749. The van der Waals surface area contributed by atoms with Crippen LogP contribution in [-0.4, -0.2) is 30.0 Å². The molecule has 0 N–H and O–H groups in total. The first-order valence-corrected chi connectivity index (χ1v) is 7.59. The van der Waals surface area contributed by atoms with E-state index in [4.69, 9.17) is 14.7 Å². The van der Waals surface area contributed by atoms with E-state index in [0.717, 1.165) is 0 Å². The maximum absolute atomic E-state index is 13.0. The Morgan fingerprint density at radius 1 is 1.24 bits per heavy atom. The molecule has 0 amide bonds. The number of nitrogens with zero attached hydrogens (tertiary/aromatic N) is 3. The number of nitriles is 1. The number of alkyl halides is 1. The number of ether oxygens (including phenoxy) is 2. The molecule has 0 bridgehead atoms. The highest BCUT2D eigenvalue weighted by atomic mass is 19.1. The van der Waals surface area contributed by atoms with Crippen LogP contribution in [0.1, 0.15) is 52.5 Å². The van der Waals surface area contributed by atoms with Crippen molar-refractivity contribution < 1.29 is 18.7 Å². The lowest BCUT2D eigenvalue weighted by molar-refractivity contribution is 0.103. The highest BCUT2D eigenvalue weighted by molar-refractivity contribution is 6.09. The number of methoxy groups -OCH3 is 2. The van der Waals surface area contributed by atoms with Crippen LogP contribution in [0.2, 0.25) is 0 Å². The summed E-state index contributed by atoms with van der Waals surface area (Å²) in [4.78, 5) is 21.3. The number of benzene rings is 1. The standard InChI is InChI=1S/C18H18FN3O3/c1-10(2)14-15(21-18(25-4)22-17(14)24-3)16(23)13-6-11(8-19)5-12(7-13)9-20/h5-7,10H,8H2,1-4H3. The fourth-order valence-corrected chi connectivity index (χ4v) is 2.47. The molecular formula is C18H18FN3O3. The van der Waals surface area contributed by atoms with Crippen LogP contribution in [0.25, 0.3) is 0 Å². The Balaban J connectivity index is 2.68. The highest BCUT2D eigenvalue weighted by Gasteiger charge is 2.25. The van der Waals surface area contributed by atoms with E-state index in [-0.39, 0.29) is 40.2 Å². The molecule has 130 valence electrons. The summed E-state index contributed by atoms with van der Waals surface area (Å²) in [5.74, 6) is -0.304. The van der Waals surface area contributed by atoms with Crippen molar-refractivity contribution in [2.24, 2.45) is 0 Å². The zero-order valence-corrected chi connectivity index (χ0v) is 14.5. The normalized spacial score (nSPS) is 10.4. The summed E-state index contributed by atoms with van der Waals surface area (Å²) in [6.07, 6.45) is 0. The third kappa shape index (κ3) is 3.74. The van der Waals surface area contributed by atoms with Gasteiger partial charge < -0.3 is 9.47 Å². The number of carbonyl (C=O) groups excluding carboxylic acids is 1. The Morgan fingerprint density at radius 3 is 2.48 bits per heavy atom. The Morgan fingerprint density at radius 2 is 1.96 bits per heavy atom. The largest absolute Gasteiger partial charge is 0.481 e. The predicted molar refractivity (Wildman–Crippen MR) is 88.6 cm³/mol. The van der Waals surface area contributed by atoms with Crippen molar-refractivity contribution in [3.63, 3.8) is 0 Å². The Bertz CT molecular complexity index is 844. The van der Waals surface area contributed by atoms with Gasteiger partial charge in [-0.1, -0.05) is 13.8 Å². The lowest BCUT2D eigenvalue weighted by atomic mass is 9.95. The molecule has 2 rings (SSSR count). The molecule has 0 aliphatic heterocycles. The second-order valence-electron chi connectivity index (χ2n) is 5.63. The SMILES string of the molecule is COc1nc(OC)c(C(C)C)c(C(=O)c2cc(C#N)cc(CF)c2)n1. The molecule has 0 fully saturated rings. The number of halogens is 1. The molecule has 1 heterocycles. The van der Waals surface area contributed by atoms with E-state index in [9.17, 15) is 9.18 Å². The topological polar surface area (TPSA) is 85.1 Å². The van der Waals surface area contributed by atoms with Gasteiger partial charge in [0.2, 0.25) is 11.7 Å². The van der Waals surface area contributed by atoms with Crippen LogP contribution >= 0.6 is 0 Å². The van der Waals surface area contributed by atoms with Crippen molar-refractivity contribution in [1.29, 1.82) is 5.26 Å². The Hall–Kier alpha value is -3.01. The van der Waals surface area contributed by atoms with Crippen molar-refractivity contribution in [2.45, 2.75) is 26.4 Å². The molecule has 7 heteroatoms. The van der Waals surface area contributed by atoms with Gasteiger partial charge in [-0.25, -0.2) is 4.39 Å². The molecule has 0 aliphatic rings. The van der Waals surface area contributed by atoms with Gasteiger partial charge in [-0.15, -0.1) is 0 Å². The van der Waals surface area contributed by atoms with E-state index in [1.54, 1.807) is 0 Å². The fourth-order valence-electron chi connectivity index (χ4n) is 2.47. The van der Waals surface area contributed by atoms with Crippen LogP contribution in [0.4, 0.5) is 4.39 Å². The summed E-state index contributed by atoms with van der Waals surface area (Å²) in [6, 6.07) is 6.15. The van der Waals surface area contributed by atoms with Crippen LogP contribution in [0, 0.1) is 11.3 Å². The van der Waals surface area contributed by atoms with E-state index in [0.29, 0.717) is 5.56 Å². The van der Waals surface area contributed by atoms with Crippen molar-refractivity contribution in [1.82, 2.24) is 9.97 Å². The van der Waals surface area contributed by atoms with Crippen LogP contribution < -0.4 is 9.47 Å². The van der Waals surface area contributed by atoms with Gasteiger partial charge in [0.05, 0.1) is 25.9 Å². The van der Waals surface area contributed by atoms with Gasteiger partial charge in [0, 0.05) is 11.1 Å². The summed E-state index contributed by atoms with van der Waals surface area (Å²) in [7, 11) is 2.83. The number of carbonyl (C=O) groups is 1.